The molecular weight excluding hydrogens is 413 g/mol. The van der Waals surface area contributed by atoms with Crippen LogP contribution in [0.15, 0.2) is 24.3 Å². The van der Waals surface area contributed by atoms with Crippen LogP contribution < -0.4 is 15.0 Å². The fourth-order valence-corrected chi connectivity index (χ4v) is 3.95. The van der Waals surface area contributed by atoms with E-state index in [4.69, 9.17) is 4.74 Å². The number of hydrogen-bond donors (Lipinski definition) is 2. The fourth-order valence-electron chi connectivity index (χ4n) is 3.95. The number of fused-ring (bicyclic) bond motifs is 1. The molecule has 2 aromatic rings. The van der Waals surface area contributed by atoms with Crippen molar-refractivity contribution in [3.8, 4) is 5.75 Å². The standard InChI is InChI=1S/C21H23F3N4O3/c1-11-18-19(28(2)16(10-29)20(30)27-18)26-17(25-11)9-12-7-15(8-12)31-14-5-3-13(4-6-14)21(22,23)24/h3-6,12,15-16,29H,7-10H2,1-2H3,(H,27,30)/t12?,15?,16-/m0/s1. The fraction of sp³-hybridized carbons (Fsp3) is 0.476. The van der Waals surface area contributed by atoms with E-state index in [2.05, 4.69) is 15.3 Å². The summed E-state index contributed by atoms with van der Waals surface area (Å²) in [6.45, 7) is 1.49. The molecule has 4 rings (SSSR count). The molecular formula is C21H23F3N4O3. The number of hydrogen-bond acceptors (Lipinski definition) is 6. The number of alkyl halides is 3. The Morgan fingerprint density at radius 3 is 2.52 bits per heavy atom. The number of benzene rings is 1. The molecule has 166 valence electrons. The van der Waals surface area contributed by atoms with E-state index in [9.17, 15) is 23.1 Å². The number of ether oxygens (including phenoxy) is 1. The minimum Gasteiger partial charge on any atom is -0.490 e. The van der Waals surface area contributed by atoms with Gasteiger partial charge >= 0.3 is 6.18 Å². The van der Waals surface area contributed by atoms with E-state index >= 15 is 0 Å². The van der Waals surface area contributed by atoms with Gasteiger partial charge in [0.15, 0.2) is 5.82 Å². The van der Waals surface area contributed by atoms with Crippen molar-refractivity contribution < 1.29 is 27.8 Å². The lowest BCUT2D eigenvalue weighted by molar-refractivity contribution is -0.137. The van der Waals surface area contributed by atoms with Crippen LogP contribution in [0.2, 0.25) is 0 Å². The van der Waals surface area contributed by atoms with Gasteiger partial charge in [-0.3, -0.25) is 4.79 Å². The average Bonchev–Trinajstić information content (AvgIpc) is 2.67. The zero-order valence-electron chi connectivity index (χ0n) is 17.1. The SMILES string of the molecule is Cc1nc(CC2CC(Oc3ccc(C(F)(F)F)cc3)C2)nc2c1NC(=O)[C@H](CO)N2C. The number of rotatable bonds is 5. The summed E-state index contributed by atoms with van der Waals surface area (Å²) < 4.78 is 43.7. The van der Waals surface area contributed by atoms with Gasteiger partial charge in [-0.25, -0.2) is 9.97 Å². The molecule has 0 spiro atoms. The van der Waals surface area contributed by atoms with E-state index in [0.29, 0.717) is 41.1 Å². The van der Waals surface area contributed by atoms with Crippen molar-refractivity contribution in [2.24, 2.45) is 5.92 Å². The Balaban J connectivity index is 1.36. The van der Waals surface area contributed by atoms with Crippen molar-refractivity contribution >= 4 is 17.4 Å². The predicted octanol–water partition coefficient (Wildman–Crippen LogP) is 2.95. The molecule has 31 heavy (non-hydrogen) atoms. The third kappa shape index (κ3) is 4.30. The maximum atomic E-state index is 12.6. The summed E-state index contributed by atoms with van der Waals surface area (Å²) in [6.07, 6.45) is -2.27. The molecule has 7 nitrogen and oxygen atoms in total. The van der Waals surface area contributed by atoms with Gasteiger partial charge in [-0.15, -0.1) is 0 Å². The summed E-state index contributed by atoms with van der Waals surface area (Å²) in [5, 5.41) is 12.2. The lowest BCUT2D eigenvalue weighted by Crippen LogP contribution is -2.49. The molecule has 1 atom stereocenters. The van der Waals surface area contributed by atoms with E-state index in [1.807, 2.05) is 0 Å². The first-order chi connectivity index (χ1) is 14.7. The number of carbonyl (C=O) groups is 1. The Kier molecular flexibility index (Phi) is 5.50. The summed E-state index contributed by atoms with van der Waals surface area (Å²) >= 11 is 0. The number of likely N-dealkylation sites (N-methyl/N-ethyl adjacent to an activating group) is 1. The quantitative estimate of drug-likeness (QED) is 0.750. The van der Waals surface area contributed by atoms with Gasteiger partial charge in [-0.05, 0) is 49.9 Å². The minimum absolute atomic E-state index is 0.0545. The summed E-state index contributed by atoms with van der Waals surface area (Å²) in [6, 6.07) is 4.02. The highest BCUT2D eigenvalue weighted by molar-refractivity contribution is 6.03. The monoisotopic (exact) mass is 436 g/mol. The van der Waals surface area contributed by atoms with E-state index < -0.39 is 17.8 Å². The van der Waals surface area contributed by atoms with Crippen molar-refractivity contribution in [1.82, 2.24) is 9.97 Å². The van der Waals surface area contributed by atoms with Crippen molar-refractivity contribution in [3.63, 3.8) is 0 Å². The molecule has 1 saturated carbocycles. The van der Waals surface area contributed by atoms with Crippen molar-refractivity contribution in [3.05, 3.63) is 41.3 Å². The number of aromatic nitrogens is 2. The van der Waals surface area contributed by atoms with Gasteiger partial charge in [0.05, 0.1) is 24.0 Å². The van der Waals surface area contributed by atoms with Crippen LogP contribution in [0.3, 0.4) is 0 Å². The topological polar surface area (TPSA) is 87.6 Å². The maximum Gasteiger partial charge on any atom is 0.416 e. The van der Waals surface area contributed by atoms with Crippen molar-refractivity contribution in [1.29, 1.82) is 0 Å². The Labute approximate surface area is 177 Å². The normalized spacial score (nSPS) is 23.1. The first-order valence-corrected chi connectivity index (χ1v) is 10.0. The first-order valence-electron chi connectivity index (χ1n) is 10.0. The van der Waals surface area contributed by atoms with Gasteiger partial charge in [0, 0.05) is 13.5 Å². The predicted molar refractivity (Wildman–Crippen MR) is 107 cm³/mol. The Bertz CT molecular complexity index is 975. The third-order valence-corrected chi connectivity index (χ3v) is 5.79. The molecule has 2 aliphatic rings. The molecule has 0 radical (unpaired) electrons. The van der Waals surface area contributed by atoms with Crippen LogP contribution in [-0.4, -0.2) is 46.8 Å². The number of anilines is 2. The van der Waals surface area contributed by atoms with Crippen LogP contribution in [-0.2, 0) is 17.4 Å². The highest BCUT2D eigenvalue weighted by Gasteiger charge is 2.35. The lowest BCUT2D eigenvalue weighted by atomic mass is 9.80. The van der Waals surface area contributed by atoms with Crippen LogP contribution in [0.4, 0.5) is 24.7 Å². The van der Waals surface area contributed by atoms with Gasteiger partial charge in [-0.2, -0.15) is 13.2 Å². The lowest BCUT2D eigenvalue weighted by Gasteiger charge is -2.36. The summed E-state index contributed by atoms with van der Waals surface area (Å²) in [7, 11) is 1.71. The number of aliphatic hydroxyl groups excluding tert-OH is 1. The number of nitrogens with one attached hydrogen (secondary N) is 1. The van der Waals surface area contributed by atoms with Crippen molar-refractivity contribution in [2.75, 3.05) is 23.9 Å². The highest BCUT2D eigenvalue weighted by Crippen LogP contribution is 2.36. The first kappa shape index (κ1) is 21.4. The molecule has 1 aromatic carbocycles. The number of halogens is 3. The van der Waals surface area contributed by atoms with Crippen LogP contribution in [0.5, 0.6) is 5.75 Å². The largest absolute Gasteiger partial charge is 0.490 e. The van der Waals surface area contributed by atoms with E-state index in [1.165, 1.54) is 12.1 Å². The average molecular weight is 436 g/mol. The molecule has 0 saturated heterocycles. The Morgan fingerprint density at radius 1 is 1.23 bits per heavy atom. The molecule has 0 bridgehead atoms. The van der Waals surface area contributed by atoms with Gasteiger partial charge in [0.1, 0.15) is 23.3 Å². The molecule has 2 N–H and O–H groups in total. The molecule has 1 fully saturated rings. The second kappa shape index (κ2) is 7.99. The smallest absolute Gasteiger partial charge is 0.416 e. The van der Waals surface area contributed by atoms with Crippen LogP contribution >= 0.6 is 0 Å². The van der Waals surface area contributed by atoms with E-state index in [1.54, 1.807) is 18.9 Å². The maximum absolute atomic E-state index is 12.6. The number of carbonyl (C=O) groups excluding carboxylic acids is 1. The second-order valence-electron chi connectivity index (χ2n) is 8.03. The number of amides is 1. The summed E-state index contributed by atoms with van der Waals surface area (Å²) in [5.41, 5.74) is 0.516. The molecule has 10 heteroatoms. The van der Waals surface area contributed by atoms with Crippen LogP contribution in [0, 0.1) is 12.8 Å². The van der Waals surface area contributed by atoms with E-state index in [-0.39, 0.29) is 18.6 Å². The molecule has 1 aliphatic carbocycles. The molecule has 1 aliphatic heterocycles. The highest BCUT2D eigenvalue weighted by atomic mass is 19.4. The summed E-state index contributed by atoms with van der Waals surface area (Å²) in [5.74, 6) is 1.66. The Morgan fingerprint density at radius 2 is 1.90 bits per heavy atom. The van der Waals surface area contributed by atoms with Crippen LogP contribution in [0.1, 0.15) is 29.9 Å². The number of aryl methyl sites for hydroxylation is 1. The van der Waals surface area contributed by atoms with Gasteiger partial charge < -0.3 is 20.1 Å². The Hall–Kier alpha value is -2.88. The second-order valence-corrected chi connectivity index (χ2v) is 8.03. The minimum atomic E-state index is -4.36. The third-order valence-electron chi connectivity index (χ3n) is 5.79. The number of aliphatic hydroxyl groups is 1. The van der Waals surface area contributed by atoms with E-state index in [0.717, 1.165) is 25.0 Å². The van der Waals surface area contributed by atoms with Gasteiger partial charge in [0.25, 0.3) is 0 Å². The molecule has 2 heterocycles. The van der Waals surface area contributed by atoms with Crippen molar-refractivity contribution in [2.45, 2.75) is 44.5 Å². The zero-order valence-corrected chi connectivity index (χ0v) is 17.1. The molecule has 0 unspecified atom stereocenters. The number of nitrogens with zero attached hydrogens (tertiary/aromatic N) is 3. The zero-order chi connectivity index (χ0) is 22.3. The van der Waals surface area contributed by atoms with Crippen LogP contribution in [0.25, 0.3) is 0 Å². The van der Waals surface area contributed by atoms with Gasteiger partial charge in [-0.1, -0.05) is 0 Å². The summed E-state index contributed by atoms with van der Waals surface area (Å²) in [4.78, 5) is 22.8. The van der Waals surface area contributed by atoms with Gasteiger partial charge in [0.2, 0.25) is 5.91 Å². The molecule has 1 amide bonds. The molecule has 1 aromatic heterocycles.